The zero-order valence-electron chi connectivity index (χ0n) is 19.2. The van der Waals surface area contributed by atoms with Gasteiger partial charge in [0, 0.05) is 29.9 Å². The smallest absolute Gasteiger partial charge is 0.152 e. The number of nitrogens with one attached hydrogen (secondary N) is 1. The maximum atomic E-state index is 6.66. The number of benzene rings is 1. The molecule has 0 bridgehead atoms. The summed E-state index contributed by atoms with van der Waals surface area (Å²) >= 11 is 13.3. The summed E-state index contributed by atoms with van der Waals surface area (Å²) in [5.41, 5.74) is 8.22. The van der Waals surface area contributed by atoms with E-state index in [-0.39, 0.29) is 6.67 Å². The Morgan fingerprint density at radius 1 is 1.18 bits per heavy atom. The molecular formula is C23H30Cl2N6O2. The Morgan fingerprint density at radius 2 is 1.82 bits per heavy atom. The number of nitrogens with two attached hydrogens (primary N) is 1. The molecule has 1 saturated heterocycles. The average Bonchev–Trinajstić information content (AvgIpc) is 2.81. The number of piperidine rings is 1. The van der Waals surface area contributed by atoms with Crippen molar-refractivity contribution in [3.8, 4) is 11.5 Å². The van der Waals surface area contributed by atoms with Gasteiger partial charge in [0.25, 0.3) is 0 Å². The van der Waals surface area contributed by atoms with Gasteiger partial charge in [-0.15, -0.1) is 0 Å². The van der Waals surface area contributed by atoms with Crippen LogP contribution < -0.4 is 20.5 Å². The lowest BCUT2D eigenvalue weighted by Gasteiger charge is -2.28. The quantitative estimate of drug-likeness (QED) is 0.566. The van der Waals surface area contributed by atoms with Crippen LogP contribution in [0.5, 0.6) is 11.5 Å². The second-order valence-corrected chi connectivity index (χ2v) is 8.62. The van der Waals surface area contributed by atoms with Crippen LogP contribution in [0, 0.1) is 5.92 Å². The van der Waals surface area contributed by atoms with Crippen LogP contribution in [0.25, 0.3) is 5.70 Å². The first-order valence-corrected chi connectivity index (χ1v) is 11.4. The van der Waals surface area contributed by atoms with E-state index in [1.165, 1.54) is 14.2 Å². The predicted molar refractivity (Wildman–Crippen MR) is 137 cm³/mol. The Morgan fingerprint density at radius 3 is 2.36 bits per heavy atom. The van der Waals surface area contributed by atoms with Crippen molar-refractivity contribution < 1.29 is 9.47 Å². The van der Waals surface area contributed by atoms with Crippen molar-refractivity contribution >= 4 is 47.2 Å². The summed E-state index contributed by atoms with van der Waals surface area (Å²) in [6, 6.07) is 1.65. The van der Waals surface area contributed by atoms with Crippen LogP contribution in [-0.2, 0) is 0 Å². The van der Waals surface area contributed by atoms with E-state index in [1.807, 2.05) is 6.08 Å². The molecule has 2 aliphatic heterocycles. The van der Waals surface area contributed by atoms with Crippen LogP contribution in [0.2, 0.25) is 10.0 Å². The molecule has 178 valence electrons. The molecule has 8 nitrogen and oxygen atoms in total. The van der Waals surface area contributed by atoms with Crippen molar-refractivity contribution in [3.05, 3.63) is 39.5 Å². The van der Waals surface area contributed by atoms with Crippen LogP contribution in [-0.4, -0.2) is 70.7 Å². The fraction of sp³-hybridized carbons (Fsp3) is 0.435. The molecule has 0 amide bonds. The summed E-state index contributed by atoms with van der Waals surface area (Å²) in [6.07, 6.45) is 5.64. The Labute approximate surface area is 204 Å². The number of rotatable bonds is 7. The Bertz CT molecular complexity index is 982. The van der Waals surface area contributed by atoms with Crippen molar-refractivity contribution in [2.75, 3.05) is 47.6 Å². The lowest BCUT2D eigenvalue weighted by Crippen LogP contribution is -2.37. The van der Waals surface area contributed by atoms with Gasteiger partial charge < -0.3 is 25.4 Å². The van der Waals surface area contributed by atoms with E-state index in [9.17, 15) is 0 Å². The molecule has 2 aliphatic rings. The lowest BCUT2D eigenvalue weighted by molar-refractivity contribution is 0.224. The number of methoxy groups -OCH3 is 2. The molecule has 1 fully saturated rings. The molecule has 0 aromatic heterocycles. The SMILES string of the molecule is C=N/C=C1/C=C(c2c(Cl)c(OC)cc(OC)c2Cl)NC(=NCC2CCN(C)CC2)C1=NCN. The summed E-state index contributed by atoms with van der Waals surface area (Å²) in [5.74, 6) is 1.96. The van der Waals surface area contributed by atoms with Gasteiger partial charge in [0.2, 0.25) is 0 Å². The molecule has 0 unspecified atom stereocenters. The van der Waals surface area contributed by atoms with Gasteiger partial charge in [-0.3, -0.25) is 15.0 Å². The maximum Gasteiger partial charge on any atom is 0.152 e. The average molecular weight is 493 g/mol. The minimum atomic E-state index is 0.108. The van der Waals surface area contributed by atoms with Gasteiger partial charge >= 0.3 is 0 Å². The number of halogens is 2. The number of allylic oxidation sites excluding steroid dienone is 1. The van der Waals surface area contributed by atoms with Crippen molar-refractivity contribution in [3.63, 3.8) is 0 Å². The first-order chi connectivity index (χ1) is 15.9. The summed E-state index contributed by atoms with van der Waals surface area (Å²) < 4.78 is 10.9. The second kappa shape index (κ2) is 11.7. The van der Waals surface area contributed by atoms with Crippen molar-refractivity contribution in [2.45, 2.75) is 12.8 Å². The predicted octanol–water partition coefficient (Wildman–Crippen LogP) is 3.64. The molecule has 3 rings (SSSR count). The molecule has 10 heteroatoms. The third-order valence-corrected chi connectivity index (χ3v) is 6.47. The number of amidine groups is 1. The van der Waals surface area contributed by atoms with E-state index in [4.69, 9.17) is 43.4 Å². The van der Waals surface area contributed by atoms with Crippen LogP contribution >= 0.6 is 23.2 Å². The summed E-state index contributed by atoms with van der Waals surface area (Å²) in [4.78, 5) is 15.6. The van der Waals surface area contributed by atoms with E-state index in [0.717, 1.165) is 25.9 Å². The molecule has 33 heavy (non-hydrogen) atoms. The number of aliphatic imine (C=N–C) groups is 3. The van der Waals surface area contributed by atoms with Crippen molar-refractivity contribution in [2.24, 2.45) is 26.6 Å². The highest BCUT2D eigenvalue weighted by Gasteiger charge is 2.27. The normalized spacial score (nSPS) is 21.3. The van der Waals surface area contributed by atoms with Gasteiger partial charge in [0.15, 0.2) is 5.84 Å². The summed E-state index contributed by atoms with van der Waals surface area (Å²) in [6.45, 7) is 6.50. The monoisotopic (exact) mass is 492 g/mol. The van der Waals surface area contributed by atoms with Crippen LogP contribution in [0.4, 0.5) is 0 Å². The Kier molecular flexibility index (Phi) is 8.91. The van der Waals surface area contributed by atoms with E-state index in [0.29, 0.717) is 62.4 Å². The van der Waals surface area contributed by atoms with Gasteiger partial charge in [0.1, 0.15) is 17.2 Å². The highest BCUT2D eigenvalue weighted by Crippen LogP contribution is 2.43. The molecule has 1 aromatic carbocycles. The van der Waals surface area contributed by atoms with Gasteiger partial charge in [-0.1, -0.05) is 23.2 Å². The van der Waals surface area contributed by atoms with Gasteiger partial charge in [0.05, 0.1) is 36.6 Å². The van der Waals surface area contributed by atoms with Gasteiger partial charge in [-0.2, -0.15) is 0 Å². The molecule has 0 saturated carbocycles. The van der Waals surface area contributed by atoms with Crippen molar-refractivity contribution in [1.29, 1.82) is 0 Å². The second-order valence-electron chi connectivity index (χ2n) is 7.86. The largest absolute Gasteiger partial charge is 0.495 e. The number of hydrogen-bond donors (Lipinski definition) is 2. The van der Waals surface area contributed by atoms with Crippen LogP contribution in [0.1, 0.15) is 18.4 Å². The van der Waals surface area contributed by atoms with Crippen LogP contribution in [0.15, 0.2) is 38.9 Å². The molecule has 0 atom stereocenters. The highest BCUT2D eigenvalue weighted by molar-refractivity contribution is 6.51. The minimum absolute atomic E-state index is 0.108. The number of hydrogen-bond acceptors (Lipinski definition) is 7. The topological polar surface area (TPSA) is 96.8 Å². The fourth-order valence-corrected chi connectivity index (χ4v) is 4.58. The summed E-state index contributed by atoms with van der Waals surface area (Å²) in [7, 11) is 5.21. The number of ether oxygens (including phenoxy) is 2. The Balaban J connectivity index is 2.07. The van der Waals surface area contributed by atoms with E-state index >= 15 is 0 Å². The first kappa shape index (κ1) is 25.2. The highest BCUT2D eigenvalue weighted by atomic mass is 35.5. The van der Waals surface area contributed by atoms with E-state index in [2.05, 4.69) is 34.0 Å². The lowest BCUT2D eigenvalue weighted by atomic mass is 9.97. The number of likely N-dealkylation sites (tertiary alicyclic amines) is 1. The van der Waals surface area contributed by atoms with Gasteiger partial charge in [-0.25, -0.2) is 0 Å². The molecular weight excluding hydrogens is 463 g/mol. The van der Waals surface area contributed by atoms with Crippen molar-refractivity contribution in [1.82, 2.24) is 10.2 Å². The third-order valence-electron chi connectivity index (χ3n) is 5.72. The molecule has 0 radical (unpaired) electrons. The van der Waals surface area contributed by atoms with Gasteiger partial charge in [-0.05, 0) is 51.7 Å². The molecule has 3 N–H and O–H groups in total. The standard InChI is InChI=1S/C23H30Cl2N6O2/c1-27-12-15-9-16(19-20(24)17(32-3)10-18(33-4)21(19)25)30-23(22(15)29-13-26)28-11-14-5-7-31(2)8-6-14/h9-10,12,14H,1,5-8,11,13,26H2,2-4H3,(H,28,30)/b15-12-,29-22?. The third kappa shape index (κ3) is 5.76. The zero-order valence-corrected chi connectivity index (χ0v) is 20.7. The summed E-state index contributed by atoms with van der Waals surface area (Å²) in [5, 5.41) is 4.05. The van der Waals surface area contributed by atoms with E-state index < -0.39 is 0 Å². The first-order valence-electron chi connectivity index (χ1n) is 10.7. The molecule has 1 aromatic rings. The Hall–Kier alpha value is -2.39. The van der Waals surface area contributed by atoms with Crippen LogP contribution in [0.3, 0.4) is 0 Å². The molecule has 2 heterocycles. The molecule has 0 aliphatic carbocycles. The fourth-order valence-electron chi connectivity index (χ4n) is 3.87. The minimum Gasteiger partial charge on any atom is -0.495 e. The van der Waals surface area contributed by atoms with E-state index in [1.54, 1.807) is 12.3 Å². The number of nitrogens with zero attached hydrogens (tertiary/aromatic N) is 4. The zero-order chi connectivity index (χ0) is 24.0. The maximum absolute atomic E-state index is 6.66. The molecule has 0 spiro atoms.